The molecule has 2 atom stereocenters. The summed E-state index contributed by atoms with van der Waals surface area (Å²) >= 11 is 0. The van der Waals surface area contributed by atoms with Gasteiger partial charge in [-0.1, -0.05) is 31.2 Å². The largest absolute Gasteiger partial charge is 0.481 e. The molecule has 3 N–H and O–H groups in total. The van der Waals surface area contributed by atoms with E-state index in [2.05, 4.69) is 16.7 Å². The lowest BCUT2D eigenvalue weighted by Gasteiger charge is -2.25. The van der Waals surface area contributed by atoms with Crippen molar-refractivity contribution in [1.29, 1.82) is 0 Å². The second-order valence-corrected chi connectivity index (χ2v) is 5.23. The Balaban J connectivity index is 1.81. The van der Waals surface area contributed by atoms with Crippen molar-refractivity contribution in [2.75, 3.05) is 6.54 Å². The van der Waals surface area contributed by atoms with Crippen LogP contribution in [0.3, 0.4) is 0 Å². The number of amides is 1. The quantitative estimate of drug-likeness (QED) is 0.747. The zero-order valence-corrected chi connectivity index (χ0v) is 11.6. The van der Waals surface area contributed by atoms with E-state index in [0.717, 1.165) is 0 Å². The SMILES string of the molecule is CC(CCNC(=O)[C@@H]1Cc2ccccc2CN1)C(=O)O. The number of fused-ring (bicyclic) bond motifs is 1. The third kappa shape index (κ3) is 3.57. The summed E-state index contributed by atoms with van der Waals surface area (Å²) in [6.07, 6.45) is 1.13. The molecular formula is C15H20N2O3. The van der Waals surface area contributed by atoms with Crippen molar-refractivity contribution in [3.8, 4) is 0 Å². The summed E-state index contributed by atoms with van der Waals surface area (Å²) in [6.45, 7) is 2.73. The molecule has 108 valence electrons. The van der Waals surface area contributed by atoms with Crippen LogP contribution in [0.2, 0.25) is 0 Å². The fraction of sp³-hybridized carbons (Fsp3) is 0.467. The van der Waals surface area contributed by atoms with Crippen molar-refractivity contribution in [1.82, 2.24) is 10.6 Å². The fourth-order valence-corrected chi connectivity index (χ4v) is 2.30. The van der Waals surface area contributed by atoms with Gasteiger partial charge in [-0.3, -0.25) is 9.59 Å². The van der Waals surface area contributed by atoms with E-state index in [0.29, 0.717) is 25.9 Å². The highest BCUT2D eigenvalue weighted by Crippen LogP contribution is 2.16. The molecule has 0 spiro atoms. The Kier molecular flexibility index (Phi) is 4.74. The summed E-state index contributed by atoms with van der Waals surface area (Å²) in [7, 11) is 0. The maximum absolute atomic E-state index is 12.0. The van der Waals surface area contributed by atoms with E-state index in [1.165, 1.54) is 11.1 Å². The number of carbonyl (C=O) groups excluding carboxylic acids is 1. The molecule has 1 amide bonds. The Labute approximate surface area is 118 Å². The molecule has 0 radical (unpaired) electrons. The molecule has 20 heavy (non-hydrogen) atoms. The topological polar surface area (TPSA) is 78.4 Å². The first-order valence-corrected chi connectivity index (χ1v) is 6.88. The van der Waals surface area contributed by atoms with Gasteiger partial charge in [-0.2, -0.15) is 0 Å². The Hall–Kier alpha value is -1.88. The van der Waals surface area contributed by atoms with Gasteiger partial charge < -0.3 is 15.7 Å². The van der Waals surface area contributed by atoms with Crippen molar-refractivity contribution in [3.05, 3.63) is 35.4 Å². The molecule has 1 unspecified atom stereocenters. The van der Waals surface area contributed by atoms with Crippen LogP contribution >= 0.6 is 0 Å². The molecule has 1 aromatic rings. The number of carboxylic acid groups (broad SMARTS) is 1. The fourth-order valence-electron chi connectivity index (χ4n) is 2.30. The maximum atomic E-state index is 12.0. The molecule has 1 aromatic carbocycles. The molecular weight excluding hydrogens is 256 g/mol. The van der Waals surface area contributed by atoms with E-state index in [9.17, 15) is 9.59 Å². The lowest BCUT2D eigenvalue weighted by atomic mass is 9.95. The summed E-state index contributed by atoms with van der Waals surface area (Å²) in [5.74, 6) is -1.32. The summed E-state index contributed by atoms with van der Waals surface area (Å²) in [5, 5.41) is 14.8. The van der Waals surface area contributed by atoms with Crippen LogP contribution in [0.5, 0.6) is 0 Å². The minimum Gasteiger partial charge on any atom is -0.481 e. The third-order valence-electron chi connectivity index (χ3n) is 3.70. The summed E-state index contributed by atoms with van der Waals surface area (Å²) in [4.78, 5) is 22.7. The standard InChI is InChI=1S/C15H20N2O3/c1-10(15(19)20)6-7-16-14(18)13-8-11-4-2-3-5-12(11)9-17-13/h2-5,10,13,17H,6-9H2,1H3,(H,16,18)(H,19,20)/t10?,13-/m0/s1. The number of nitrogens with one attached hydrogen (secondary N) is 2. The number of aliphatic carboxylic acids is 1. The van der Waals surface area contributed by atoms with Gasteiger partial charge in [0.1, 0.15) is 0 Å². The molecule has 1 heterocycles. The Morgan fingerprint density at radius 1 is 1.40 bits per heavy atom. The molecule has 5 heteroatoms. The molecule has 1 aliphatic heterocycles. The summed E-state index contributed by atoms with van der Waals surface area (Å²) in [5.41, 5.74) is 2.43. The summed E-state index contributed by atoms with van der Waals surface area (Å²) < 4.78 is 0. The van der Waals surface area contributed by atoms with Gasteiger partial charge in [-0.25, -0.2) is 0 Å². The van der Waals surface area contributed by atoms with Gasteiger partial charge in [-0.15, -0.1) is 0 Å². The highest BCUT2D eigenvalue weighted by Gasteiger charge is 2.23. The van der Waals surface area contributed by atoms with Gasteiger partial charge in [0.2, 0.25) is 5.91 Å². The van der Waals surface area contributed by atoms with E-state index >= 15 is 0 Å². The lowest BCUT2D eigenvalue weighted by Crippen LogP contribution is -2.48. The van der Waals surface area contributed by atoms with Gasteiger partial charge in [-0.05, 0) is 24.0 Å². The Morgan fingerprint density at radius 3 is 2.80 bits per heavy atom. The molecule has 0 aliphatic carbocycles. The normalized spacial score (nSPS) is 18.9. The number of benzene rings is 1. The molecule has 0 saturated carbocycles. The van der Waals surface area contributed by atoms with Gasteiger partial charge in [0.25, 0.3) is 0 Å². The van der Waals surface area contributed by atoms with Crippen LogP contribution < -0.4 is 10.6 Å². The molecule has 5 nitrogen and oxygen atoms in total. The van der Waals surface area contributed by atoms with Gasteiger partial charge in [0.05, 0.1) is 12.0 Å². The first kappa shape index (κ1) is 14.5. The number of carbonyl (C=O) groups is 2. The van der Waals surface area contributed by atoms with Crippen molar-refractivity contribution in [2.24, 2.45) is 5.92 Å². The van der Waals surface area contributed by atoms with Gasteiger partial charge in [0.15, 0.2) is 0 Å². The number of hydrogen-bond donors (Lipinski definition) is 3. The van der Waals surface area contributed by atoms with Gasteiger partial charge >= 0.3 is 5.97 Å². The first-order chi connectivity index (χ1) is 9.58. The third-order valence-corrected chi connectivity index (χ3v) is 3.70. The zero-order valence-electron chi connectivity index (χ0n) is 11.6. The van der Waals surface area contributed by atoms with E-state index < -0.39 is 11.9 Å². The van der Waals surface area contributed by atoms with E-state index in [4.69, 9.17) is 5.11 Å². The Bertz CT molecular complexity index is 502. The monoisotopic (exact) mass is 276 g/mol. The average Bonchev–Trinajstić information content (AvgIpc) is 2.46. The predicted molar refractivity (Wildman–Crippen MR) is 75.2 cm³/mol. The highest BCUT2D eigenvalue weighted by atomic mass is 16.4. The van der Waals surface area contributed by atoms with Crippen LogP contribution in [-0.4, -0.2) is 29.6 Å². The van der Waals surface area contributed by atoms with Crippen molar-refractivity contribution in [2.45, 2.75) is 32.4 Å². The summed E-state index contributed by atoms with van der Waals surface area (Å²) in [6, 6.07) is 7.85. The van der Waals surface area contributed by atoms with Crippen LogP contribution in [0.1, 0.15) is 24.5 Å². The second-order valence-electron chi connectivity index (χ2n) is 5.23. The van der Waals surface area contributed by atoms with Crippen LogP contribution in [0.4, 0.5) is 0 Å². The number of hydrogen-bond acceptors (Lipinski definition) is 3. The predicted octanol–water partition coefficient (Wildman–Crippen LogP) is 0.928. The smallest absolute Gasteiger partial charge is 0.306 e. The average molecular weight is 276 g/mol. The maximum Gasteiger partial charge on any atom is 0.306 e. The molecule has 2 rings (SSSR count). The minimum absolute atomic E-state index is 0.0582. The molecule has 1 aliphatic rings. The lowest BCUT2D eigenvalue weighted by molar-refractivity contribution is -0.141. The van der Waals surface area contributed by atoms with Crippen LogP contribution in [0, 0.1) is 5.92 Å². The van der Waals surface area contributed by atoms with E-state index in [1.807, 2.05) is 18.2 Å². The van der Waals surface area contributed by atoms with Crippen LogP contribution in [-0.2, 0) is 22.6 Å². The van der Waals surface area contributed by atoms with Crippen LogP contribution in [0.25, 0.3) is 0 Å². The van der Waals surface area contributed by atoms with Gasteiger partial charge in [0, 0.05) is 13.1 Å². The van der Waals surface area contributed by atoms with E-state index in [1.54, 1.807) is 6.92 Å². The van der Waals surface area contributed by atoms with Crippen molar-refractivity contribution < 1.29 is 14.7 Å². The van der Waals surface area contributed by atoms with Crippen molar-refractivity contribution >= 4 is 11.9 Å². The molecule has 0 saturated heterocycles. The van der Waals surface area contributed by atoms with Crippen LogP contribution in [0.15, 0.2) is 24.3 Å². The molecule has 0 aromatic heterocycles. The minimum atomic E-state index is -0.830. The van der Waals surface area contributed by atoms with E-state index in [-0.39, 0.29) is 11.9 Å². The number of carboxylic acids is 1. The number of rotatable bonds is 5. The zero-order chi connectivity index (χ0) is 14.5. The highest BCUT2D eigenvalue weighted by molar-refractivity contribution is 5.82. The first-order valence-electron chi connectivity index (χ1n) is 6.88. The van der Waals surface area contributed by atoms with Crippen molar-refractivity contribution in [3.63, 3.8) is 0 Å². The molecule has 0 bridgehead atoms. The second kappa shape index (κ2) is 6.52. The molecule has 0 fully saturated rings. The Morgan fingerprint density at radius 2 is 2.10 bits per heavy atom.